The van der Waals surface area contributed by atoms with Crippen LogP contribution in [-0.4, -0.2) is 9.55 Å². The molecule has 0 N–H and O–H groups in total. The van der Waals surface area contributed by atoms with Crippen LogP contribution < -0.4 is 5.56 Å². The molecule has 5 heteroatoms. The van der Waals surface area contributed by atoms with Crippen molar-refractivity contribution in [1.82, 2.24) is 9.55 Å². The van der Waals surface area contributed by atoms with Gasteiger partial charge in [-0.15, -0.1) is 0 Å². The Hall–Kier alpha value is -2.69. The fourth-order valence-electron chi connectivity index (χ4n) is 1.89. The number of aromatic nitrogens is 2. The molecule has 0 fully saturated rings. The second-order valence-corrected chi connectivity index (χ2v) is 4.32. The van der Waals surface area contributed by atoms with Gasteiger partial charge in [0, 0.05) is 17.8 Å². The molecule has 0 saturated heterocycles. The maximum absolute atomic E-state index is 13.1. The molecular weight excluding hydrogens is 259 g/mol. The number of pyridine rings is 1. The molecule has 0 atom stereocenters. The van der Waals surface area contributed by atoms with Crippen LogP contribution in [0.5, 0.6) is 0 Å². The molecular formula is C15H11FN2O2. The number of rotatable bonds is 3. The molecule has 0 saturated carbocycles. The summed E-state index contributed by atoms with van der Waals surface area (Å²) < 4.78 is 19.7. The molecule has 0 amide bonds. The Labute approximate surface area is 114 Å². The maximum Gasteiger partial charge on any atom is 0.251 e. The van der Waals surface area contributed by atoms with Crippen LogP contribution in [0.4, 0.5) is 4.39 Å². The first-order valence-corrected chi connectivity index (χ1v) is 6.08. The fourth-order valence-corrected chi connectivity index (χ4v) is 1.89. The Morgan fingerprint density at radius 1 is 1.15 bits per heavy atom. The predicted molar refractivity (Wildman–Crippen MR) is 71.7 cm³/mol. The summed E-state index contributed by atoms with van der Waals surface area (Å²) in [4.78, 5) is 15.9. The van der Waals surface area contributed by atoms with Gasteiger partial charge in [-0.05, 0) is 18.2 Å². The van der Waals surface area contributed by atoms with E-state index in [1.165, 1.54) is 16.9 Å². The van der Waals surface area contributed by atoms with Gasteiger partial charge in [0.15, 0.2) is 0 Å². The normalized spacial score (nSPS) is 10.7. The number of halogens is 1. The Kier molecular flexibility index (Phi) is 3.16. The molecule has 2 aromatic heterocycles. The van der Waals surface area contributed by atoms with E-state index in [0.717, 1.165) is 17.8 Å². The summed E-state index contributed by atoms with van der Waals surface area (Å²) in [6.45, 7) is 0.174. The topological polar surface area (TPSA) is 48.0 Å². The first kappa shape index (κ1) is 12.3. The quantitative estimate of drug-likeness (QED) is 0.735. The number of benzene rings is 1. The third-order valence-electron chi connectivity index (χ3n) is 2.85. The molecule has 0 aliphatic heterocycles. The summed E-state index contributed by atoms with van der Waals surface area (Å²) in [6.07, 6.45) is 2.62. The largest absolute Gasteiger partial charge is 0.444 e. The zero-order chi connectivity index (χ0) is 13.9. The molecule has 100 valence electrons. The van der Waals surface area contributed by atoms with Gasteiger partial charge in [-0.1, -0.05) is 18.2 Å². The lowest BCUT2D eigenvalue weighted by molar-refractivity contribution is 0.568. The average Bonchev–Trinajstić information content (AvgIpc) is 2.92. The zero-order valence-corrected chi connectivity index (χ0v) is 10.5. The van der Waals surface area contributed by atoms with Crippen LogP contribution in [0.2, 0.25) is 0 Å². The van der Waals surface area contributed by atoms with Crippen molar-refractivity contribution in [2.45, 2.75) is 6.54 Å². The van der Waals surface area contributed by atoms with Crippen molar-refractivity contribution in [3.05, 3.63) is 76.8 Å². The monoisotopic (exact) mass is 270 g/mol. The molecule has 0 aliphatic carbocycles. The Balaban J connectivity index is 1.88. The van der Waals surface area contributed by atoms with E-state index < -0.39 is 5.82 Å². The number of oxazole rings is 1. The van der Waals surface area contributed by atoms with Crippen molar-refractivity contribution in [3.63, 3.8) is 0 Å². The zero-order valence-electron chi connectivity index (χ0n) is 10.5. The standard InChI is InChI=1S/C15H11FN2O2/c16-12-6-7-14(19)18(8-12)9-13-10-20-15(17-13)11-4-2-1-3-5-11/h1-8,10H,9H2. The number of nitrogens with zero attached hydrogens (tertiary/aromatic N) is 2. The van der Waals surface area contributed by atoms with Crippen LogP contribution >= 0.6 is 0 Å². The van der Waals surface area contributed by atoms with Crippen LogP contribution in [0, 0.1) is 5.82 Å². The third kappa shape index (κ3) is 2.51. The lowest BCUT2D eigenvalue weighted by Crippen LogP contribution is -2.19. The summed E-state index contributed by atoms with van der Waals surface area (Å²) in [6, 6.07) is 11.8. The molecule has 0 bridgehead atoms. The molecule has 20 heavy (non-hydrogen) atoms. The summed E-state index contributed by atoms with van der Waals surface area (Å²) in [5.41, 5.74) is 1.14. The van der Waals surface area contributed by atoms with E-state index in [9.17, 15) is 9.18 Å². The molecule has 3 aromatic rings. The average molecular weight is 270 g/mol. The van der Waals surface area contributed by atoms with E-state index in [1.54, 1.807) is 0 Å². The van der Waals surface area contributed by atoms with Crippen LogP contribution in [0.25, 0.3) is 11.5 Å². The molecule has 0 unspecified atom stereocenters. The predicted octanol–water partition coefficient (Wildman–Crippen LogP) is 2.69. The Morgan fingerprint density at radius 2 is 1.95 bits per heavy atom. The molecule has 0 aliphatic rings. The third-order valence-corrected chi connectivity index (χ3v) is 2.85. The smallest absolute Gasteiger partial charge is 0.251 e. The number of hydrogen-bond acceptors (Lipinski definition) is 3. The van der Waals surface area contributed by atoms with E-state index in [2.05, 4.69) is 4.98 Å². The van der Waals surface area contributed by atoms with Gasteiger partial charge in [0.25, 0.3) is 5.56 Å². The number of hydrogen-bond donors (Lipinski definition) is 0. The van der Waals surface area contributed by atoms with Gasteiger partial charge < -0.3 is 8.98 Å². The SMILES string of the molecule is O=c1ccc(F)cn1Cc1coc(-c2ccccc2)n1. The minimum Gasteiger partial charge on any atom is -0.444 e. The molecule has 4 nitrogen and oxygen atoms in total. The molecule has 3 rings (SSSR count). The van der Waals surface area contributed by atoms with Crippen molar-refractivity contribution in [2.24, 2.45) is 0 Å². The van der Waals surface area contributed by atoms with Crippen molar-refractivity contribution in [1.29, 1.82) is 0 Å². The van der Waals surface area contributed by atoms with E-state index in [0.29, 0.717) is 11.6 Å². The second-order valence-electron chi connectivity index (χ2n) is 4.32. The van der Waals surface area contributed by atoms with Crippen LogP contribution in [-0.2, 0) is 6.54 Å². The van der Waals surface area contributed by atoms with Gasteiger partial charge in [0.1, 0.15) is 12.1 Å². The van der Waals surface area contributed by atoms with Gasteiger partial charge in [0.05, 0.1) is 12.2 Å². The van der Waals surface area contributed by atoms with E-state index in [-0.39, 0.29) is 12.1 Å². The Morgan fingerprint density at radius 3 is 2.75 bits per heavy atom. The van der Waals surface area contributed by atoms with Crippen molar-refractivity contribution in [3.8, 4) is 11.5 Å². The summed E-state index contributed by atoms with van der Waals surface area (Å²) in [7, 11) is 0. The van der Waals surface area contributed by atoms with Crippen LogP contribution in [0.15, 0.2) is 64.1 Å². The first-order valence-electron chi connectivity index (χ1n) is 6.08. The van der Waals surface area contributed by atoms with E-state index in [4.69, 9.17) is 4.42 Å². The summed E-state index contributed by atoms with van der Waals surface area (Å²) >= 11 is 0. The highest BCUT2D eigenvalue weighted by Gasteiger charge is 2.07. The minimum absolute atomic E-state index is 0.174. The molecule has 2 heterocycles. The molecule has 0 spiro atoms. The Bertz CT molecular complexity index is 778. The van der Waals surface area contributed by atoms with E-state index in [1.807, 2.05) is 30.3 Å². The highest BCUT2D eigenvalue weighted by Crippen LogP contribution is 2.18. The van der Waals surface area contributed by atoms with Crippen molar-refractivity contribution in [2.75, 3.05) is 0 Å². The second kappa shape index (κ2) is 5.13. The van der Waals surface area contributed by atoms with Gasteiger partial charge in [-0.25, -0.2) is 9.37 Å². The summed E-state index contributed by atoms with van der Waals surface area (Å²) in [5, 5.41) is 0. The summed E-state index contributed by atoms with van der Waals surface area (Å²) in [5.74, 6) is 0.0152. The van der Waals surface area contributed by atoms with Gasteiger partial charge in [-0.2, -0.15) is 0 Å². The highest BCUT2D eigenvalue weighted by atomic mass is 19.1. The maximum atomic E-state index is 13.1. The fraction of sp³-hybridized carbons (Fsp3) is 0.0667. The lowest BCUT2D eigenvalue weighted by Gasteiger charge is -2.01. The minimum atomic E-state index is -0.462. The highest BCUT2D eigenvalue weighted by molar-refractivity contribution is 5.52. The van der Waals surface area contributed by atoms with Crippen molar-refractivity contribution >= 4 is 0 Å². The van der Waals surface area contributed by atoms with E-state index >= 15 is 0 Å². The molecule has 0 radical (unpaired) electrons. The van der Waals surface area contributed by atoms with Crippen molar-refractivity contribution < 1.29 is 8.81 Å². The molecule has 1 aromatic carbocycles. The van der Waals surface area contributed by atoms with Crippen LogP contribution in [0.3, 0.4) is 0 Å². The van der Waals surface area contributed by atoms with Gasteiger partial charge in [0.2, 0.25) is 5.89 Å². The van der Waals surface area contributed by atoms with Gasteiger partial charge >= 0.3 is 0 Å². The van der Waals surface area contributed by atoms with Gasteiger partial charge in [-0.3, -0.25) is 4.79 Å². The lowest BCUT2D eigenvalue weighted by atomic mass is 10.2. The van der Waals surface area contributed by atoms with Crippen LogP contribution in [0.1, 0.15) is 5.69 Å². The first-order chi connectivity index (χ1) is 9.72.